The first kappa shape index (κ1) is 16.5. The van der Waals surface area contributed by atoms with Crippen molar-refractivity contribution in [1.82, 2.24) is 5.32 Å². The summed E-state index contributed by atoms with van der Waals surface area (Å²) in [5, 5.41) is 3.26. The molecule has 0 fully saturated rings. The van der Waals surface area contributed by atoms with Crippen LogP contribution in [0.1, 0.15) is 25.8 Å². The van der Waals surface area contributed by atoms with Crippen molar-refractivity contribution in [3.05, 3.63) is 58.2 Å². The molecule has 0 aromatic heterocycles. The lowest BCUT2D eigenvalue weighted by Gasteiger charge is -2.13. The highest BCUT2D eigenvalue weighted by Crippen LogP contribution is 2.19. The number of esters is 1. The van der Waals surface area contributed by atoms with Gasteiger partial charge in [0.05, 0.1) is 12.2 Å². The molecule has 0 saturated heterocycles. The van der Waals surface area contributed by atoms with E-state index in [1.807, 2.05) is 37.3 Å². The molecule has 1 aromatic carbocycles. The lowest BCUT2D eigenvalue weighted by molar-refractivity contribution is -0.138. The van der Waals surface area contributed by atoms with E-state index in [4.69, 9.17) is 4.74 Å². The molecule has 0 amide bonds. The molecule has 3 nitrogen and oxygen atoms in total. The molecule has 20 heavy (non-hydrogen) atoms. The van der Waals surface area contributed by atoms with Gasteiger partial charge in [0.15, 0.2) is 0 Å². The number of hydrogen-bond donors (Lipinski definition) is 1. The largest absolute Gasteiger partial charge is 0.463 e. The number of carbonyl (C=O) groups is 1. The molecule has 0 radical (unpaired) electrons. The highest BCUT2D eigenvalue weighted by molar-refractivity contribution is 9.11. The van der Waals surface area contributed by atoms with Crippen molar-refractivity contribution in [2.45, 2.75) is 26.8 Å². The molecule has 0 spiro atoms. The van der Waals surface area contributed by atoms with Crippen LogP contribution in [-0.2, 0) is 16.1 Å². The van der Waals surface area contributed by atoms with Crippen molar-refractivity contribution in [3.63, 3.8) is 0 Å². The third-order valence-electron chi connectivity index (χ3n) is 2.74. The first-order valence-electron chi connectivity index (χ1n) is 6.52. The average molecular weight is 338 g/mol. The Kier molecular flexibility index (Phi) is 7.09. The number of halogens is 1. The monoisotopic (exact) mass is 337 g/mol. The van der Waals surface area contributed by atoms with Crippen molar-refractivity contribution in [2.24, 2.45) is 0 Å². The van der Waals surface area contributed by atoms with E-state index in [2.05, 4.69) is 27.8 Å². The number of benzene rings is 1. The second-order valence-corrected chi connectivity index (χ2v) is 5.48. The average Bonchev–Trinajstić information content (AvgIpc) is 2.43. The Hall–Kier alpha value is -1.55. The summed E-state index contributed by atoms with van der Waals surface area (Å²) in [4.78, 5) is 11.9. The Morgan fingerprint density at radius 3 is 2.55 bits per heavy atom. The summed E-state index contributed by atoms with van der Waals surface area (Å²) in [5.74, 6) is -0.300. The maximum atomic E-state index is 11.9. The van der Waals surface area contributed by atoms with Crippen LogP contribution < -0.4 is 5.32 Å². The Morgan fingerprint density at radius 1 is 1.35 bits per heavy atom. The van der Waals surface area contributed by atoms with Crippen molar-refractivity contribution < 1.29 is 9.53 Å². The molecule has 0 atom stereocenters. The number of allylic oxidation sites excluding steroid dienone is 2. The maximum Gasteiger partial charge on any atom is 0.336 e. The molecule has 1 aromatic rings. The van der Waals surface area contributed by atoms with E-state index in [0.717, 1.165) is 15.7 Å². The molecule has 108 valence electrons. The fraction of sp³-hybridized carbons (Fsp3) is 0.312. The van der Waals surface area contributed by atoms with E-state index in [1.54, 1.807) is 6.92 Å². The number of ether oxygens (including phenoxy) is 1. The summed E-state index contributed by atoms with van der Waals surface area (Å²) >= 11 is 3.29. The summed E-state index contributed by atoms with van der Waals surface area (Å²) in [6, 6.07) is 10.0. The van der Waals surface area contributed by atoms with E-state index in [0.29, 0.717) is 25.1 Å². The smallest absolute Gasteiger partial charge is 0.336 e. The highest BCUT2D eigenvalue weighted by atomic mass is 79.9. The minimum absolute atomic E-state index is 0.300. The van der Waals surface area contributed by atoms with Crippen LogP contribution in [-0.4, -0.2) is 12.6 Å². The molecular formula is C16H20BrNO2. The van der Waals surface area contributed by atoms with Gasteiger partial charge in [-0.15, -0.1) is 0 Å². The normalized spacial score (nSPS) is 11.6. The minimum atomic E-state index is -0.300. The van der Waals surface area contributed by atoms with Gasteiger partial charge in [-0.3, -0.25) is 0 Å². The predicted octanol–water partition coefficient (Wildman–Crippen LogP) is 3.91. The molecule has 0 bridgehead atoms. The first-order chi connectivity index (χ1) is 9.54. The van der Waals surface area contributed by atoms with Crippen LogP contribution in [0, 0.1) is 0 Å². The zero-order chi connectivity index (χ0) is 15.0. The molecule has 0 saturated carbocycles. The van der Waals surface area contributed by atoms with Gasteiger partial charge < -0.3 is 10.1 Å². The summed E-state index contributed by atoms with van der Waals surface area (Å²) in [5.41, 5.74) is 2.57. The SMILES string of the molecule is C=C(Br)C/C(C(=O)OCC)=C(/C)NCc1ccccc1. The fourth-order valence-corrected chi connectivity index (χ4v) is 1.99. The van der Waals surface area contributed by atoms with Gasteiger partial charge in [-0.1, -0.05) is 52.8 Å². The van der Waals surface area contributed by atoms with Crippen molar-refractivity contribution in [1.29, 1.82) is 0 Å². The van der Waals surface area contributed by atoms with Gasteiger partial charge in [0.2, 0.25) is 0 Å². The van der Waals surface area contributed by atoms with Gasteiger partial charge in [-0.2, -0.15) is 0 Å². The maximum absolute atomic E-state index is 11.9. The molecule has 0 unspecified atom stereocenters. The summed E-state index contributed by atoms with van der Waals surface area (Å²) < 4.78 is 5.83. The Balaban J connectivity index is 2.79. The minimum Gasteiger partial charge on any atom is -0.463 e. The van der Waals surface area contributed by atoms with E-state index < -0.39 is 0 Å². The van der Waals surface area contributed by atoms with Gasteiger partial charge in [-0.25, -0.2) is 4.79 Å². The quantitative estimate of drug-likeness (QED) is 0.605. The second-order valence-electron chi connectivity index (χ2n) is 4.36. The van der Waals surface area contributed by atoms with Crippen molar-refractivity contribution in [2.75, 3.05) is 6.61 Å². The third kappa shape index (κ3) is 5.61. The summed E-state index contributed by atoms with van der Waals surface area (Å²) in [6.45, 7) is 8.50. The zero-order valence-electron chi connectivity index (χ0n) is 11.9. The zero-order valence-corrected chi connectivity index (χ0v) is 13.5. The standard InChI is InChI=1S/C16H20BrNO2/c1-4-20-16(19)15(10-12(2)17)13(3)18-11-14-8-6-5-7-9-14/h5-9,18H,2,4,10-11H2,1,3H3/b15-13+. The highest BCUT2D eigenvalue weighted by Gasteiger charge is 2.14. The first-order valence-corrected chi connectivity index (χ1v) is 7.31. The van der Waals surface area contributed by atoms with Crippen LogP contribution in [0.5, 0.6) is 0 Å². The van der Waals surface area contributed by atoms with E-state index >= 15 is 0 Å². The van der Waals surface area contributed by atoms with E-state index in [1.165, 1.54) is 0 Å². The molecule has 0 heterocycles. The summed E-state index contributed by atoms with van der Waals surface area (Å²) in [6.07, 6.45) is 0.451. The fourth-order valence-electron chi connectivity index (χ4n) is 1.71. The van der Waals surface area contributed by atoms with Gasteiger partial charge in [0.25, 0.3) is 0 Å². The topological polar surface area (TPSA) is 38.3 Å². The van der Waals surface area contributed by atoms with Gasteiger partial charge in [-0.05, 0) is 23.9 Å². The Bertz CT molecular complexity index is 494. The molecule has 1 rings (SSSR count). The lowest BCUT2D eigenvalue weighted by Crippen LogP contribution is -2.18. The Labute approximate surface area is 128 Å². The Morgan fingerprint density at radius 2 is 2.00 bits per heavy atom. The van der Waals surface area contributed by atoms with Crippen LogP contribution in [0.25, 0.3) is 0 Å². The second kappa shape index (κ2) is 8.59. The van der Waals surface area contributed by atoms with Crippen LogP contribution in [0.3, 0.4) is 0 Å². The molecule has 0 aliphatic carbocycles. The van der Waals surface area contributed by atoms with E-state index in [9.17, 15) is 4.79 Å². The van der Waals surface area contributed by atoms with Gasteiger partial charge in [0, 0.05) is 18.7 Å². The predicted molar refractivity (Wildman–Crippen MR) is 85.3 cm³/mol. The number of rotatable bonds is 7. The van der Waals surface area contributed by atoms with E-state index in [-0.39, 0.29) is 5.97 Å². The van der Waals surface area contributed by atoms with Crippen LogP contribution in [0.15, 0.2) is 52.7 Å². The van der Waals surface area contributed by atoms with Gasteiger partial charge in [0.1, 0.15) is 0 Å². The van der Waals surface area contributed by atoms with Crippen molar-refractivity contribution >= 4 is 21.9 Å². The third-order valence-corrected chi connectivity index (χ3v) is 3.02. The van der Waals surface area contributed by atoms with Crippen molar-refractivity contribution in [3.8, 4) is 0 Å². The van der Waals surface area contributed by atoms with Crippen LogP contribution >= 0.6 is 15.9 Å². The molecule has 1 N–H and O–H groups in total. The van der Waals surface area contributed by atoms with Crippen LogP contribution in [0.2, 0.25) is 0 Å². The number of nitrogens with one attached hydrogen (secondary N) is 1. The molecular weight excluding hydrogens is 318 g/mol. The molecule has 0 aliphatic rings. The number of carbonyl (C=O) groups excluding carboxylic acids is 1. The summed E-state index contributed by atoms with van der Waals surface area (Å²) in [7, 11) is 0. The lowest BCUT2D eigenvalue weighted by atomic mass is 10.1. The van der Waals surface area contributed by atoms with Gasteiger partial charge >= 0.3 is 5.97 Å². The van der Waals surface area contributed by atoms with Crippen LogP contribution in [0.4, 0.5) is 0 Å². The molecule has 4 heteroatoms. The molecule has 0 aliphatic heterocycles. The number of hydrogen-bond acceptors (Lipinski definition) is 3.